The van der Waals surface area contributed by atoms with Gasteiger partial charge in [0.2, 0.25) is 0 Å². The maximum absolute atomic E-state index is 13.4. The molecule has 1 aromatic heterocycles. The summed E-state index contributed by atoms with van der Waals surface area (Å²) < 4.78 is 1.80. The van der Waals surface area contributed by atoms with Crippen LogP contribution in [0.25, 0.3) is 6.08 Å². The summed E-state index contributed by atoms with van der Waals surface area (Å²) in [6.07, 6.45) is 14.6. The van der Waals surface area contributed by atoms with Crippen molar-refractivity contribution in [2.45, 2.75) is 71.3 Å². The van der Waals surface area contributed by atoms with Crippen molar-refractivity contribution in [2.24, 2.45) is 41.5 Å². The van der Waals surface area contributed by atoms with Crippen molar-refractivity contribution in [3.63, 3.8) is 0 Å². The fourth-order valence-corrected chi connectivity index (χ4v) is 7.75. The standard InChI is InChI=1S/C24H34N2O2/c1-23-8-6-18(27)12-17(23)4-5-19-20(23)7-9-24(2)21(19)11-16(22(24)28)10-15-13-25-26(3)14-15/h10,13-14,17-21,27H,4-9,11-12H2,1-3H3/b16-10-. The van der Waals surface area contributed by atoms with Crippen molar-refractivity contribution >= 4 is 11.9 Å². The number of aromatic nitrogens is 2. The summed E-state index contributed by atoms with van der Waals surface area (Å²) in [5.74, 6) is 2.95. The topological polar surface area (TPSA) is 55.1 Å². The highest BCUT2D eigenvalue weighted by molar-refractivity contribution is 6.05. The van der Waals surface area contributed by atoms with Gasteiger partial charge in [-0.3, -0.25) is 9.48 Å². The molecule has 4 nitrogen and oxygen atoms in total. The highest BCUT2D eigenvalue weighted by Gasteiger charge is 2.61. The highest BCUT2D eigenvalue weighted by Crippen LogP contribution is 2.66. The number of nitrogens with zero attached hydrogens (tertiary/aromatic N) is 2. The molecular formula is C24H34N2O2. The summed E-state index contributed by atoms with van der Waals surface area (Å²) in [5.41, 5.74) is 2.25. The number of carbonyl (C=O) groups is 1. The summed E-state index contributed by atoms with van der Waals surface area (Å²) in [7, 11) is 1.92. The number of ketones is 1. The van der Waals surface area contributed by atoms with E-state index in [9.17, 15) is 9.90 Å². The van der Waals surface area contributed by atoms with Crippen molar-refractivity contribution in [3.05, 3.63) is 23.5 Å². The van der Waals surface area contributed by atoms with Gasteiger partial charge in [-0.2, -0.15) is 5.10 Å². The molecule has 4 saturated carbocycles. The second-order valence-corrected chi connectivity index (χ2v) is 10.7. The molecular weight excluding hydrogens is 348 g/mol. The summed E-state index contributed by atoms with van der Waals surface area (Å²) in [6, 6.07) is 0. The highest BCUT2D eigenvalue weighted by atomic mass is 16.3. The van der Waals surface area contributed by atoms with E-state index in [2.05, 4.69) is 25.0 Å². The lowest BCUT2D eigenvalue weighted by Gasteiger charge is -2.59. The minimum atomic E-state index is -0.174. The van der Waals surface area contributed by atoms with E-state index >= 15 is 0 Å². The average Bonchev–Trinajstić information content (AvgIpc) is 3.18. The molecule has 0 aromatic carbocycles. The molecule has 0 radical (unpaired) electrons. The number of hydrogen-bond donors (Lipinski definition) is 1. The van der Waals surface area contributed by atoms with Gasteiger partial charge in [0.15, 0.2) is 5.78 Å². The molecule has 1 aromatic rings. The van der Waals surface area contributed by atoms with Crippen LogP contribution in [0.4, 0.5) is 0 Å². The first-order valence-corrected chi connectivity index (χ1v) is 11.2. The molecule has 4 fully saturated rings. The van der Waals surface area contributed by atoms with E-state index in [1.54, 1.807) is 4.68 Å². The van der Waals surface area contributed by atoms with E-state index in [0.717, 1.165) is 49.2 Å². The quantitative estimate of drug-likeness (QED) is 0.733. The van der Waals surface area contributed by atoms with Gasteiger partial charge in [0, 0.05) is 24.2 Å². The van der Waals surface area contributed by atoms with Gasteiger partial charge in [-0.25, -0.2) is 0 Å². The van der Waals surface area contributed by atoms with Crippen molar-refractivity contribution in [1.29, 1.82) is 0 Å². The largest absolute Gasteiger partial charge is 0.393 e. The molecule has 4 aliphatic rings. The number of allylic oxidation sites excluding steroid dienone is 1. The zero-order valence-corrected chi connectivity index (χ0v) is 17.5. The van der Waals surface area contributed by atoms with Crippen LogP contribution in [-0.2, 0) is 11.8 Å². The molecule has 4 aliphatic carbocycles. The minimum absolute atomic E-state index is 0.0921. The molecule has 7 atom stereocenters. The van der Waals surface area contributed by atoms with Gasteiger partial charge in [-0.1, -0.05) is 13.8 Å². The van der Waals surface area contributed by atoms with Crippen LogP contribution in [-0.4, -0.2) is 26.8 Å². The lowest BCUT2D eigenvalue weighted by molar-refractivity contribution is -0.141. The maximum atomic E-state index is 13.4. The van der Waals surface area contributed by atoms with Gasteiger partial charge in [0.05, 0.1) is 12.3 Å². The number of aryl methyl sites for hydroxylation is 1. The van der Waals surface area contributed by atoms with Crippen molar-refractivity contribution in [2.75, 3.05) is 0 Å². The van der Waals surface area contributed by atoms with Crippen molar-refractivity contribution < 1.29 is 9.90 Å². The Labute approximate surface area is 168 Å². The number of rotatable bonds is 1. The molecule has 0 spiro atoms. The maximum Gasteiger partial charge on any atom is 0.165 e. The van der Waals surface area contributed by atoms with E-state index in [1.807, 2.05) is 19.4 Å². The number of aliphatic hydroxyl groups is 1. The molecule has 152 valence electrons. The van der Waals surface area contributed by atoms with Crippen molar-refractivity contribution in [1.82, 2.24) is 9.78 Å². The summed E-state index contributed by atoms with van der Waals surface area (Å²) in [5, 5.41) is 14.5. The Morgan fingerprint density at radius 1 is 1.18 bits per heavy atom. The lowest BCUT2D eigenvalue weighted by Crippen LogP contribution is -2.54. The summed E-state index contributed by atoms with van der Waals surface area (Å²) in [6.45, 7) is 4.76. The Morgan fingerprint density at radius 3 is 2.75 bits per heavy atom. The van der Waals surface area contributed by atoms with Crippen LogP contribution < -0.4 is 0 Å². The molecule has 1 heterocycles. The zero-order chi connectivity index (χ0) is 19.7. The van der Waals surface area contributed by atoms with Gasteiger partial charge in [0.1, 0.15) is 0 Å². The Bertz CT molecular complexity index is 826. The smallest absolute Gasteiger partial charge is 0.165 e. The monoisotopic (exact) mass is 382 g/mol. The molecule has 0 amide bonds. The molecule has 1 N–H and O–H groups in total. The fourth-order valence-electron chi connectivity index (χ4n) is 7.75. The van der Waals surface area contributed by atoms with Crippen LogP contribution in [0.2, 0.25) is 0 Å². The van der Waals surface area contributed by atoms with Crippen LogP contribution in [0.15, 0.2) is 18.0 Å². The first-order chi connectivity index (χ1) is 13.3. The van der Waals surface area contributed by atoms with E-state index in [1.165, 1.54) is 19.3 Å². The predicted octanol–water partition coefficient (Wildman–Crippen LogP) is 4.39. The van der Waals surface area contributed by atoms with E-state index < -0.39 is 0 Å². The molecule has 0 saturated heterocycles. The molecule has 28 heavy (non-hydrogen) atoms. The Kier molecular flexibility index (Phi) is 4.18. The summed E-state index contributed by atoms with van der Waals surface area (Å²) in [4.78, 5) is 13.4. The van der Waals surface area contributed by atoms with Gasteiger partial charge in [-0.05, 0) is 92.1 Å². The SMILES string of the molecule is Cn1cc(/C=C2/CC3C4CCC5CC(O)CCC5(C)C4CCC3(C)C2=O)cn1. The van der Waals surface area contributed by atoms with Crippen LogP contribution in [0.5, 0.6) is 0 Å². The zero-order valence-electron chi connectivity index (χ0n) is 17.5. The van der Waals surface area contributed by atoms with Crippen molar-refractivity contribution in [3.8, 4) is 0 Å². The van der Waals surface area contributed by atoms with Gasteiger partial charge >= 0.3 is 0 Å². The second-order valence-electron chi connectivity index (χ2n) is 10.7. The number of Topliss-reactive ketones (excluding diaryl/α,β-unsaturated/α-hetero) is 1. The van der Waals surface area contributed by atoms with E-state index in [-0.39, 0.29) is 11.5 Å². The van der Waals surface area contributed by atoms with Gasteiger partial charge in [0.25, 0.3) is 0 Å². The number of fused-ring (bicyclic) bond motifs is 5. The lowest BCUT2D eigenvalue weighted by atomic mass is 9.45. The van der Waals surface area contributed by atoms with Crippen LogP contribution in [0.3, 0.4) is 0 Å². The Morgan fingerprint density at radius 2 is 2.00 bits per heavy atom. The van der Waals surface area contributed by atoms with E-state index in [0.29, 0.717) is 29.0 Å². The number of carbonyl (C=O) groups excluding carboxylic acids is 1. The normalized spacial score (nSPS) is 46.9. The Hall–Kier alpha value is -1.42. The van der Waals surface area contributed by atoms with Crippen LogP contribution >= 0.6 is 0 Å². The van der Waals surface area contributed by atoms with Crippen LogP contribution in [0, 0.1) is 34.5 Å². The van der Waals surface area contributed by atoms with Gasteiger partial charge in [-0.15, -0.1) is 0 Å². The third-order valence-electron chi connectivity index (χ3n) is 9.34. The molecule has 0 bridgehead atoms. The van der Waals surface area contributed by atoms with E-state index in [4.69, 9.17) is 0 Å². The molecule has 0 aliphatic heterocycles. The third kappa shape index (κ3) is 2.59. The first-order valence-electron chi connectivity index (χ1n) is 11.2. The average molecular weight is 383 g/mol. The number of hydrogen-bond acceptors (Lipinski definition) is 3. The minimum Gasteiger partial charge on any atom is -0.393 e. The van der Waals surface area contributed by atoms with Crippen LogP contribution in [0.1, 0.15) is 70.8 Å². The predicted molar refractivity (Wildman–Crippen MR) is 109 cm³/mol. The van der Waals surface area contributed by atoms with Gasteiger partial charge < -0.3 is 5.11 Å². The summed E-state index contributed by atoms with van der Waals surface area (Å²) >= 11 is 0. The molecule has 4 heteroatoms. The fraction of sp³-hybridized carbons (Fsp3) is 0.750. The second kappa shape index (κ2) is 6.29. The molecule has 7 unspecified atom stereocenters. The number of aliphatic hydroxyl groups excluding tert-OH is 1. The third-order valence-corrected chi connectivity index (χ3v) is 9.34. The Balaban J connectivity index is 1.45. The first kappa shape index (κ1) is 18.6. The molecule has 5 rings (SSSR count).